The molecule has 178 valence electrons. The monoisotopic (exact) mass is 478 g/mol. The summed E-state index contributed by atoms with van der Waals surface area (Å²) in [5, 5.41) is 3.49. The standard InChI is InChI=1S/C28H31ClN2O3/c1-3-21(2)30-28(33)25(18-22-12-6-4-7-13-22)31(19-23-14-8-5-9-15-23)27(32)20-34-26-17-11-10-16-24(26)29/h4-17,21,25H,3,18-20H2,1-2H3,(H,30,33)/t21-,25-/m0/s1. The molecule has 6 heteroatoms. The first-order chi connectivity index (χ1) is 16.5. The van der Waals surface area contributed by atoms with Crippen molar-refractivity contribution in [3.05, 3.63) is 101 Å². The van der Waals surface area contributed by atoms with Gasteiger partial charge in [0.2, 0.25) is 5.91 Å². The highest BCUT2D eigenvalue weighted by Gasteiger charge is 2.31. The zero-order valence-electron chi connectivity index (χ0n) is 19.6. The number of ether oxygens (including phenoxy) is 1. The summed E-state index contributed by atoms with van der Waals surface area (Å²) in [6, 6.07) is 25.7. The minimum absolute atomic E-state index is 0.00109. The Morgan fingerprint density at radius 3 is 2.12 bits per heavy atom. The van der Waals surface area contributed by atoms with Crippen molar-refractivity contribution < 1.29 is 14.3 Å². The fourth-order valence-corrected chi connectivity index (χ4v) is 3.75. The number of hydrogen-bond donors (Lipinski definition) is 1. The molecule has 2 atom stereocenters. The van der Waals surface area contributed by atoms with E-state index in [2.05, 4.69) is 5.32 Å². The van der Waals surface area contributed by atoms with E-state index in [-0.39, 0.29) is 31.0 Å². The van der Waals surface area contributed by atoms with Gasteiger partial charge in [0.05, 0.1) is 5.02 Å². The second-order valence-electron chi connectivity index (χ2n) is 8.25. The van der Waals surface area contributed by atoms with Crippen LogP contribution in [0.15, 0.2) is 84.9 Å². The number of nitrogens with one attached hydrogen (secondary N) is 1. The first-order valence-electron chi connectivity index (χ1n) is 11.5. The molecule has 0 unspecified atom stereocenters. The van der Waals surface area contributed by atoms with Crippen molar-refractivity contribution in [1.29, 1.82) is 0 Å². The summed E-state index contributed by atoms with van der Waals surface area (Å²) in [7, 11) is 0. The molecule has 3 rings (SSSR count). The number of para-hydroxylation sites is 1. The zero-order chi connectivity index (χ0) is 24.3. The number of carbonyl (C=O) groups excluding carboxylic acids is 2. The average Bonchev–Trinajstić information content (AvgIpc) is 2.86. The van der Waals surface area contributed by atoms with E-state index < -0.39 is 6.04 Å². The quantitative estimate of drug-likeness (QED) is 0.408. The number of halogens is 1. The van der Waals surface area contributed by atoms with Gasteiger partial charge in [0.15, 0.2) is 6.61 Å². The molecule has 0 aliphatic carbocycles. The molecule has 5 nitrogen and oxygen atoms in total. The number of nitrogens with zero attached hydrogens (tertiary/aromatic N) is 1. The molecule has 0 aliphatic heterocycles. The second-order valence-corrected chi connectivity index (χ2v) is 8.66. The Labute approximate surface area is 206 Å². The van der Waals surface area contributed by atoms with E-state index in [1.165, 1.54) is 0 Å². The van der Waals surface area contributed by atoms with Crippen LogP contribution in [-0.2, 0) is 22.6 Å². The molecule has 0 fully saturated rings. The van der Waals surface area contributed by atoms with E-state index in [4.69, 9.17) is 16.3 Å². The van der Waals surface area contributed by atoms with Gasteiger partial charge in [-0.1, -0.05) is 91.3 Å². The van der Waals surface area contributed by atoms with Crippen LogP contribution in [0.2, 0.25) is 5.02 Å². The molecule has 0 heterocycles. The molecule has 0 radical (unpaired) electrons. The van der Waals surface area contributed by atoms with Gasteiger partial charge in [-0.25, -0.2) is 0 Å². The largest absolute Gasteiger partial charge is 0.482 e. The van der Waals surface area contributed by atoms with Crippen molar-refractivity contribution in [3.63, 3.8) is 0 Å². The predicted molar refractivity (Wildman–Crippen MR) is 136 cm³/mol. The lowest BCUT2D eigenvalue weighted by atomic mass is 10.0. The Morgan fingerprint density at radius 2 is 1.50 bits per heavy atom. The van der Waals surface area contributed by atoms with E-state index >= 15 is 0 Å². The first-order valence-corrected chi connectivity index (χ1v) is 11.9. The molecule has 34 heavy (non-hydrogen) atoms. The van der Waals surface area contributed by atoms with Gasteiger partial charge in [-0.2, -0.15) is 0 Å². The second kappa shape index (κ2) is 12.8. The summed E-state index contributed by atoms with van der Waals surface area (Å²) in [6.07, 6.45) is 1.19. The number of carbonyl (C=O) groups is 2. The molecule has 0 saturated heterocycles. The highest BCUT2D eigenvalue weighted by molar-refractivity contribution is 6.32. The smallest absolute Gasteiger partial charge is 0.261 e. The zero-order valence-corrected chi connectivity index (χ0v) is 20.4. The van der Waals surface area contributed by atoms with Gasteiger partial charge in [-0.3, -0.25) is 9.59 Å². The summed E-state index contributed by atoms with van der Waals surface area (Å²) in [6.45, 7) is 4.04. The number of amides is 2. The van der Waals surface area contributed by atoms with Crippen molar-refractivity contribution in [3.8, 4) is 5.75 Å². The molecule has 2 amide bonds. The molecule has 0 aliphatic rings. The van der Waals surface area contributed by atoms with Crippen LogP contribution in [0, 0.1) is 0 Å². The molecule has 0 bridgehead atoms. The lowest BCUT2D eigenvalue weighted by Crippen LogP contribution is -2.53. The molecule has 0 spiro atoms. The minimum atomic E-state index is -0.695. The van der Waals surface area contributed by atoms with E-state index in [9.17, 15) is 9.59 Å². The van der Waals surface area contributed by atoms with Crippen molar-refractivity contribution in [2.45, 2.75) is 45.3 Å². The summed E-state index contributed by atoms with van der Waals surface area (Å²) in [5.74, 6) is -0.0370. The predicted octanol–water partition coefficient (Wildman–Crippen LogP) is 5.27. The summed E-state index contributed by atoms with van der Waals surface area (Å²) in [4.78, 5) is 28.5. The Kier molecular flexibility index (Phi) is 9.53. The topological polar surface area (TPSA) is 58.6 Å². The van der Waals surface area contributed by atoms with Gasteiger partial charge in [0.25, 0.3) is 5.91 Å². The number of rotatable bonds is 11. The molecule has 0 saturated carbocycles. The highest BCUT2D eigenvalue weighted by atomic mass is 35.5. The average molecular weight is 479 g/mol. The Morgan fingerprint density at radius 1 is 0.912 bits per heavy atom. The number of benzene rings is 3. The van der Waals surface area contributed by atoms with Crippen molar-refractivity contribution in [2.24, 2.45) is 0 Å². The fourth-order valence-electron chi connectivity index (χ4n) is 3.56. The van der Waals surface area contributed by atoms with Crippen LogP contribution >= 0.6 is 11.6 Å². The maximum Gasteiger partial charge on any atom is 0.261 e. The molecule has 1 N–H and O–H groups in total. The molecular formula is C28H31ClN2O3. The van der Waals surface area contributed by atoms with Crippen molar-refractivity contribution in [1.82, 2.24) is 10.2 Å². The third-order valence-corrected chi connectivity index (χ3v) is 5.97. The van der Waals surface area contributed by atoms with Crippen LogP contribution in [0.25, 0.3) is 0 Å². The molecule has 3 aromatic carbocycles. The Balaban J connectivity index is 1.90. The van der Waals surface area contributed by atoms with Crippen molar-refractivity contribution in [2.75, 3.05) is 6.61 Å². The third kappa shape index (κ3) is 7.35. The fraction of sp³-hybridized carbons (Fsp3) is 0.286. The maximum absolute atomic E-state index is 13.5. The van der Waals surface area contributed by atoms with Crippen LogP contribution in [-0.4, -0.2) is 35.4 Å². The van der Waals surface area contributed by atoms with Gasteiger partial charge < -0.3 is 15.0 Å². The number of hydrogen-bond acceptors (Lipinski definition) is 3. The maximum atomic E-state index is 13.5. The van der Waals surface area contributed by atoms with Crippen LogP contribution in [0.1, 0.15) is 31.4 Å². The van der Waals surface area contributed by atoms with Crippen LogP contribution in [0.4, 0.5) is 0 Å². The first kappa shape index (κ1) is 25.3. The molecule has 3 aromatic rings. The van der Waals surface area contributed by atoms with Gasteiger partial charge >= 0.3 is 0 Å². The van der Waals surface area contributed by atoms with E-state index in [1.807, 2.05) is 74.5 Å². The molecule has 0 aromatic heterocycles. The van der Waals surface area contributed by atoms with Gasteiger partial charge in [0.1, 0.15) is 11.8 Å². The lowest BCUT2D eigenvalue weighted by Gasteiger charge is -2.32. The normalized spacial score (nSPS) is 12.4. The van der Waals surface area contributed by atoms with Crippen molar-refractivity contribution >= 4 is 23.4 Å². The van der Waals surface area contributed by atoms with Gasteiger partial charge in [-0.15, -0.1) is 0 Å². The lowest BCUT2D eigenvalue weighted by molar-refractivity contribution is -0.143. The van der Waals surface area contributed by atoms with Crippen LogP contribution in [0.5, 0.6) is 5.75 Å². The Bertz CT molecular complexity index is 1060. The Hall–Kier alpha value is -3.31. The van der Waals surface area contributed by atoms with E-state index in [0.29, 0.717) is 17.2 Å². The molecular weight excluding hydrogens is 448 g/mol. The third-order valence-electron chi connectivity index (χ3n) is 5.66. The summed E-state index contributed by atoms with van der Waals surface area (Å²) in [5.41, 5.74) is 1.91. The van der Waals surface area contributed by atoms with E-state index in [1.54, 1.807) is 29.2 Å². The summed E-state index contributed by atoms with van der Waals surface area (Å²) < 4.78 is 5.74. The van der Waals surface area contributed by atoms with Gasteiger partial charge in [-0.05, 0) is 36.6 Å². The van der Waals surface area contributed by atoms with Crippen LogP contribution < -0.4 is 10.1 Å². The summed E-state index contributed by atoms with van der Waals surface area (Å²) >= 11 is 6.20. The van der Waals surface area contributed by atoms with Crippen LogP contribution in [0.3, 0.4) is 0 Å². The minimum Gasteiger partial charge on any atom is -0.482 e. The van der Waals surface area contributed by atoms with E-state index in [0.717, 1.165) is 17.5 Å². The SMILES string of the molecule is CC[C@H](C)NC(=O)[C@H](Cc1ccccc1)N(Cc1ccccc1)C(=O)COc1ccccc1Cl. The van der Waals surface area contributed by atoms with Gasteiger partial charge in [0, 0.05) is 19.0 Å². The highest BCUT2D eigenvalue weighted by Crippen LogP contribution is 2.23.